The van der Waals surface area contributed by atoms with Crippen molar-refractivity contribution < 1.29 is 22.7 Å². The fourth-order valence-electron chi connectivity index (χ4n) is 2.30. The smallest absolute Gasteiger partial charge is 0.405 e. The topological polar surface area (TPSA) is 41.6 Å². The lowest BCUT2D eigenvalue weighted by atomic mass is 10.1. The Balaban J connectivity index is 2.00. The molecule has 2 rings (SSSR count). The molecule has 2 amide bonds. The van der Waals surface area contributed by atoms with E-state index in [1.165, 1.54) is 23.1 Å². The van der Waals surface area contributed by atoms with Gasteiger partial charge in [0.05, 0.1) is 6.04 Å². The van der Waals surface area contributed by atoms with Gasteiger partial charge in [-0.3, -0.25) is 0 Å². The van der Waals surface area contributed by atoms with Crippen LogP contribution in [0, 0.1) is 0 Å². The van der Waals surface area contributed by atoms with E-state index in [0.717, 1.165) is 5.56 Å². The third kappa shape index (κ3) is 5.41. The van der Waals surface area contributed by atoms with Crippen molar-refractivity contribution in [3.8, 4) is 5.75 Å². The Bertz CT molecular complexity index is 705. The van der Waals surface area contributed by atoms with Crippen molar-refractivity contribution in [1.29, 1.82) is 0 Å². The first-order chi connectivity index (χ1) is 11.8. The van der Waals surface area contributed by atoms with Gasteiger partial charge in [0.15, 0.2) is 0 Å². The highest BCUT2D eigenvalue weighted by atomic mass is 19.4. The second-order valence-corrected chi connectivity index (χ2v) is 5.51. The summed E-state index contributed by atoms with van der Waals surface area (Å²) in [6.45, 7) is 1.80. The summed E-state index contributed by atoms with van der Waals surface area (Å²) < 4.78 is 41.2. The lowest BCUT2D eigenvalue weighted by molar-refractivity contribution is -0.274. The summed E-state index contributed by atoms with van der Waals surface area (Å²) in [5.41, 5.74) is 1.20. The molecule has 0 fully saturated rings. The van der Waals surface area contributed by atoms with Crippen molar-refractivity contribution in [2.45, 2.75) is 25.9 Å². The van der Waals surface area contributed by atoms with Crippen molar-refractivity contribution in [2.75, 3.05) is 7.05 Å². The van der Waals surface area contributed by atoms with Gasteiger partial charge in [0.25, 0.3) is 0 Å². The minimum Gasteiger partial charge on any atom is -0.405 e. The van der Waals surface area contributed by atoms with Crippen LogP contribution in [-0.2, 0) is 6.54 Å². The second kappa shape index (κ2) is 7.92. The number of halogens is 3. The Kier molecular flexibility index (Phi) is 5.90. The number of hydrogen-bond donors (Lipinski definition) is 1. The van der Waals surface area contributed by atoms with Crippen LogP contribution in [0.15, 0.2) is 54.6 Å². The number of nitrogens with one attached hydrogen (secondary N) is 1. The molecule has 1 unspecified atom stereocenters. The van der Waals surface area contributed by atoms with Crippen LogP contribution < -0.4 is 10.1 Å². The predicted octanol–water partition coefficient (Wildman–Crippen LogP) is 4.49. The Hall–Kier alpha value is -2.70. The number of hydrogen-bond acceptors (Lipinski definition) is 2. The van der Waals surface area contributed by atoms with Gasteiger partial charge in [0.2, 0.25) is 0 Å². The summed E-state index contributed by atoms with van der Waals surface area (Å²) in [4.78, 5) is 13.8. The van der Waals surface area contributed by atoms with E-state index in [4.69, 9.17) is 0 Å². The normalized spacial score (nSPS) is 12.4. The lowest BCUT2D eigenvalue weighted by Gasteiger charge is -2.25. The number of carbonyl (C=O) groups is 1. The number of carbonyl (C=O) groups excluding carboxylic acids is 1. The molecule has 4 nitrogen and oxygen atoms in total. The number of amides is 2. The molecule has 0 spiro atoms. The number of para-hydroxylation sites is 1. The number of rotatable bonds is 5. The largest absolute Gasteiger partial charge is 0.573 e. The number of alkyl halides is 3. The van der Waals surface area contributed by atoms with Crippen LogP contribution in [0.3, 0.4) is 0 Å². The van der Waals surface area contributed by atoms with E-state index in [9.17, 15) is 18.0 Å². The highest BCUT2D eigenvalue weighted by Crippen LogP contribution is 2.26. The van der Waals surface area contributed by atoms with Crippen LogP contribution in [0.25, 0.3) is 0 Å². The molecular formula is C18H19F3N2O2. The summed E-state index contributed by atoms with van der Waals surface area (Å²) in [6, 6.07) is 14.6. The molecule has 0 saturated heterocycles. The van der Waals surface area contributed by atoms with Gasteiger partial charge in [-0.05, 0) is 18.6 Å². The average Bonchev–Trinajstić information content (AvgIpc) is 2.59. The molecule has 0 saturated carbocycles. The molecule has 25 heavy (non-hydrogen) atoms. The predicted molar refractivity (Wildman–Crippen MR) is 88.0 cm³/mol. The monoisotopic (exact) mass is 352 g/mol. The molecule has 1 N–H and O–H groups in total. The van der Waals surface area contributed by atoms with Crippen LogP contribution in [-0.4, -0.2) is 24.3 Å². The molecule has 2 aromatic carbocycles. The summed E-state index contributed by atoms with van der Waals surface area (Å²) in [5.74, 6) is -0.325. The highest BCUT2D eigenvalue weighted by Gasteiger charge is 2.32. The molecule has 0 heterocycles. The highest BCUT2D eigenvalue weighted by molar-refractivity contribution is 5.74. The van der Waals surface area contributed by atoms with E-state index >= 15 is 0 Å². The maximum atomic E-state index is 12.4. The van der Waals surface area contributed by atoms with Gasteiger partial charge in [-0.1, -0.05) is 48.5 Å². The molecule has 0 bridgehead atoms. The zero-order valence-corrected chi connectivity index (χ0v) is 13.9. The third-order valence-corrected chi connectivity index (χ3v) is 3.81. The van der Waals surface area contributed by atoms with E-state index in [1.807, 2.05) is 37.3 Å². The minimum atomic E-state index is -4.78. The van der Waals surface area contributed by atoms with Gasteiger partial charge >= 0.3 is 12.4 Å². The van der Waals surface area contributed by atoms with Gasteiger partial charge in [-0.15, -0.1) is 13.2 Å². The maximum absolute atomic E-state index is 12.4. The van der Waals surface area contributed by atoms with Crippen molar-refractivity contribution in [1.82, 2.24) is 10.2 Å². The summed E-state index contributed by atoms with van der Waals surface area (Å²) in [6.07, 6.45) is -4.78. The van der Waals surface area contributed by atoms with E-state index in [-0.39, 0.29) is 23.9 Å². The van der Waals surface area contributed by atoms with Gasteiger partial charge in [0.1, 0.15) is 5.75 Å². The fourth-order valence-corrected chi connectivity index (χ4v) is 2.30. The summed E-state index contributed by atoms with van der Waals surface area (Å²) in [7, 11) is 1.63. The van der Waals surface area contributed by atoms with E-state index in [1.54, 1.807) is 13.1 Å². The first-order valence-electron chi connectivity index (χ1n) is 7.67. The molecule has 0 aliphatic rings. The van der Waals surface area contributed by atoms with E-state index in [0.29, 0.717) is 0 Å². The van der Waals surface area contributed by atoms with Crippen molar-refractivity contribution in [2.24, 2.45) is 0 Å². The van der Waals surface area contributed by atoms with Crippen molar-refractivity contribution in [3.05, 3.63) is 65.7 Å². The van der Waals surface area contributed by atoms with Gasteiger partial charge in [-0.25, -0.2) is 4.79 Å². The Morgan fingerprint density at radius 3 is 2.36 bits per heavy atom. The van der Waals surface area contributed by atoms with Crippen LogP contribution >= 0.6 is 0 Å². The van der Waals surface area contributed by atoms with Crippen LogP contribution in [0.4, 0.5) is 18.0 Å². The van der Waals surface area contributed by atoms with Crippen LogP contribution in [0.5, 0.6) is 5.75 Å². The average molecular weight is 352 g/mol. The van der Waals surface area contributed by atoms with Gasteiger partial charge < -0.3 is 15.0 Å². The quantitative estimate of drug-likeness (QED) is 0.862. The Labute approximate surface area is 144 Å². The van der Waals surface area contributed by atoms with Gasteiger partial charge in [-0.2, -0.15) is 0 Å². The Morgan fingerprint density at radius 1 is 1.12 bits per heavy atom. The lowest BCUT2D eigenvalue weighted by Crippen LogP contribution is -2.38. The molecule has 0 radical (unpaired) electrons. The number of ether oxygens (including phenoxy) is 1. The number of nitrogens with zero attached hydrogens (tertiary/aromatic N) is 1. The first-order valence-corrected chi connectivity index (χ1v) is 7.67. The first kappa shape index (κ1) is 18.6. The maximum Gasteiger partial charge on any atom is 0.573 e. The van der Waals surface area contributed by atoms with Gasteiger partial charge in [0, 0.05) is 19.2 Å². The zero-order chi connectivity index (χ0) is 18.4. The van der Waals surface area contributed by atoms with Crippen LogP contribution in [0.1, 0.15) is 24.1 Å². The molecule has 0 aromatic heterocycles. The molecule has 134 valence electrons. The van der Waals surface area contributed by atoms with E-state index < -0.39 is 12.4 Å². The van der Waals surface area contributed by atoms with E-state index in [2.05, 4.69) is 10.1 Å². The molecule has 2 aromatic rings. The number of urea groups is 1. The van der Waals surface area contributed by atoms with Crippen molar-refractivity contribution >= 4 is 6.03 Å². The fraction of sp³-hybridized carbons (Fsp3) is 0.278. The molecule has 0 aliphatic carbocycles. The Morgan fingerprint density at radius 2 is 1.72 bits per heavy atom. The molecule has 1 atom stereocenters. The number of benzene rings is 2. The molecular weight excluding hydrogens is 333 g/mol. The summed E-state index contributed by atoms with van der Waals surface area (Å²) in [5, 5.41) is 2.62. The second-order valence-electron chi connectivity index (χ2n) is 5.51. The minimum absolute atomic E-state index is 0.0725. The standard InChI is InChI=1S/C18H19F3N2O2/c1-13(14-8-4-3-5-9-14)23(2)17(24)22-12-15-10-6-7-11-16(15)25-18(19,20)21/h3-11,13H,12H2,1-2H3,(H,22,24). The zero-order valence-electron chi connectivity index (χ0n) is 13.9. The molecule has 7 heteroatoms. The SMILES string of the molecule is CC(c1ccccc1)N(C)C(=O)NCc1ccccc1OC(F)(F)F. The summed E-state index contributed by atoms with van der Waals surface area (Å²) >= 11 is 0. The third-order valence-electron chi connectivity index (χ3n) is 3.81. The molecule has 0 aliphatic heterocycles. The van der Waals surface area contributed by atoms with Crippen LogP contribution in [0.2, 0.25) is 0 Å². The van der Waals surface area contributed by atoms with Crippen molar-refractivity contribution in [3.63, 3.8) is 0 Å².